The van der Waals surface area contributed by atoms with E-state index in [1.807, 2.05) is 12.1 Å². The normalized spacial score (nSPS) is 16.9. The van der Waals surface area contributed by atoms with E-state index < -0.39 is 0 Å². The van der Waals surface area contributed by atoms with Crippen LogP contribution in [-0.4, -0.2) is 52.6 Å². The van der Waals surface area contributed by atoms with Crippen molar-refractivity contribution in [2.45, 2.75) is 25.5 Å². The molecule has 0 radical (unpaired) electrons. The van der Waals surface area contributed by atoms with Gasteiger partial charge in [-0.3, -0.25) is 4.99 Å². The predicted octanol–water partition coefficient (Wildman–Crippen LogP) is 3.28. The average Bonchev–Trinajstić information content (AvgIpc) is 3.42. The number of guanidine groups is 1. The minimum absolute atomic E-state index is 0.274. The summed E-state index contributed by atoms with van der Waals surface area (Å²) in [7, 11) is 3.47. The van der Waals surface area contributed by atoms with E-state index in [0.717, 1.165) is 57.5 Å². The van der Waals surface area contributed by atoms with E-state index in [-0.39, 0.29) is 6.10 Å². The van der Waals surface area contributed by atoms with E-state index >= 15 is 0 Å². The van der Waals surface area contributed by atoms with Crippen molar-refractivity contribution >= 4 is 17.3 Å². The van der Waals surface area contributed by atoms with Crippen LogP contribution in [0.25, 0.3) is 10.4 Å². The summed E-state index contributed by atoms with van der Waals surface area (Å²) >= 11 is 1.78. The summed E-state index contributed by atoms with van der Waals surface area (Å²) in [6.45, 7) is 3.87. The third-order valence-corrected chi connectivity index (χ3v) is 5.68. The number of thiophene rings is 1. The summed E-state index contributed by atoms with van der Waals surface area (Å²) in [5, 5.41) is 6.70. The van der Waals surface area contributed by atoms with Gasteiger partial charge in [0, 0.05) is 36.6 Å². The van der Waals surface area contributed by atoms with Crippen LogP contribution in [0.4, 0.5) is 0 Å². The first-order valence-electron chi connectivity index (χ1n) is 9.65. The number of ether oxygens (including phenoxy) is 3. The Kier molecular flexibility index (Phi) is 8.14. The Morgan fingerprint density at radius 3 is 2.79 bits per heavy atom. The molecule has 1 saturated heterocycles. The van der Waals surface area contributed by atoms with E-state index in [4.69, 9.17) is 14.2 Å². The third-order valence-electron chi connectivity index (χ3n) is 4.54. The average molecular weight is 404 g/mol. The van der Waals surface area contributed by atoms with Crippen LogP contribution in [0.3, 0.4) is 0 Å². The van der Waals surface area contributed by atoms with Gasteiger partial charge in [0.2, 0.25) is 0 Å². The topological polar surface area (TPSA) is 64.1 Å². The molecule has 0 bridgehead atoms. The highest BCUT2D eigenvalue weighted by atomic mass is 32.1. The van der Waals surface area contributed by atoms with Crippen LogP contribution in [0.1, 0.15) is 17.7 Å². The summed E-state index contributed by atoms with van der Waals surface area (Å²) in [6.07, 6.45) is 2.23. The first kappa shape index (κ1) is 20.6. The van der Waals surface area contributed by atoms with Crippen molar-refractivity contribution in [1.82, 2.24) is 10.6 Å². The quantitative estimate of drug-likeness (QED) is 0.382. The monoisotopic (exact) mass is 403 g/mol. The van der Waals surface area contributed by atoms with Gasteiger partial charge in [-0.15, -0.1) is 11.3 Å². The number of benzene rings is 1. The first-order chi connectivity index (χ1) is 13.8. The Morgan fingerprint density at radius 1 is 1.21 bits per heavy atom. The molecule has 1 unspecified atom stereocenters. The van der Waals surface area contributed by atoms with Gasteiger partial charge in [0.15, 0.2) is 5.96 Å². The van der Waals surface area contributed by atoms with Crippen LogP contribution < -0.4 is 15.4 Å². The van der Waals surface area contributed by atoms with Crippen molar-refractivity contribution in [2.24, 2.45) is 4.99 Å². The van der Waals surface area contributed by atoms with Gasteiger partial charge in [-0.25, -0.2) is 0 Å². The number of rotatable bonds is 9. The second kappa shape index (κ2) is 11.0. The van der Waals surface area contributed by atoms with Gasteiger partial charge >= 0.3 is 0 Å². The molecule has 1 atom stereocenters. The number of hydrogen-bond donors (Lipinski definition) is 2. The molecule has 0 amide bonds. The Bertz CT molecular complexity index is 740. The number of hydrogen-bond acceptors (Lipinski definition) is 5. The Hall–Kier alpha value is -2.09. The lowest BCUT2D eigenvalue weighted by molar-refractivity contribution is 0.0420. The summed E-state index contributed by atoms with van der Waals surface area (Å²) < 4.78 is 16.3. The highest BCUT2D eigenvalue weighted by Gasteiger charge is 2.15. The highest BCUT2D eigenvalue weighted by molar-refractivity contribution is 7.15. The molecule has 3 rings (SSSR count). The molecule has 1 fully saturated rings. The highest BCUT2D eigenvalue weighted by Crippen LogP contribution is 2.29. The number of methoxy groups -OCH3 is 1. The Balaban J connectivity index is 1.38. The molecule has 2 aromatic rings. The Labute approximate surface area is 170 Å². The van der Waals surface area contributed by atoms with Gasteiger partial charge in [0.1, 0.15) is 5.75 Å². The number of nitrogens with one attached hydrogen (secondary N) is 2. The molecule has 0 aliphatic carbocycles. The lowest BCUT2D eigenvalue weighted by atomic mass is 10.2. The molecule has 1 aromatic heterocycles. The molecule has 152 valence electrons. The number of nitrogens with zero attached hydrogens (tertiary/aromatic N) is 1. The fourth-order valence-corrected chi connectivity index (χ4v) is 3.90. The van der Waals surface area contributed by atoms with Crippen molar-refractivity contribution in [3.63, 3.8) is 0 Å². The molecule has 0 spiro atoms. The van der Waals surface area contributed by atoms with Crippen molar-refractivity contribution < 1.29 is 14.2 Å². The third kappa shape index (κ3) is 6.22. The first-order valence-corrected chi connectivity index (χ1v) is 10.5. The van der Waals surface area contributed by atoms with E-state index in [1.165, 1.54) is 15.3 Å². The maximum Gasteiger partial charge on any atom is 0.191 e. The van der Waals surface area contributed by atoms with Gasteiger partial charge < -0.3 is 24.8 Å². The van der Waals surface area contributed by atoms with Crippen molar-refractivity contribution in [2.75, 3.05) is 40.5 Å². The van der Waals surface area contributed by atoms with E-state index in [9.17, 15) is 0 Å². The van der Waals surface area contributed by atoms with E-state index in [1.54, 1.807) is 25.5 Å². The maximum absolute atomic E-state index is 5.78. The molecule has 1 aromatic carbocycles. The smallest absolute Gasteiger partial charge is 0.191 e. The van der Waals surface area contributed by atoms with Crippen LogP contribution in [0.2, 0.25) is 0 Å². The van der Waals surface area contributed by atoms with Crippen LogP contribution in [0, 0.1) is 0 Å². The zero-order chi connectivity index (χ0) is 19.6. The van der Waals surface area contributed by atoms with Gasteiger partial charge in [-0.1, -0.05) is 0 Å². The summed E-state index contributed by atoms with van der Waals surface area (Å²) in [5.41, 5.74) is 1.20. The van der Waals surface area contributed by atoms with Crippen molar-refractivity contribution in [1.29, 1.82) is 0 Å². The van der Waals surface area contributed by atoms with Crippen molar-refractivity contribution in [3.8, 4) is 16.2 Å². The molecular formula is C21H29N3O3S. The molecule has 2 N–H and O–H groups in total. The van der Waals surface area contributed by atoms with Gasteiger partial charge in [0.05, 0.1) is 26.4 Å². The zero-order valence-corrected chi connectivity index (χ0v) is 17.4. The largest absolute Gasteiger partial charge is 0.497 e. The standard InChI is InChI=1S/C21H29N3O3S/c1-22-21(23-11-3-12-27-18-10-13-26-15-18)24-14-19-8-9-20(28-19)16-4-6-17(25-2)7-5-16/h4-9,18H,3,10-15H2,1-2H3,(H2,22,23,24). The van der Waals surface area contributed by atoms with Crippen LogP contribution in [0.5, 0.6) is 5.75 Å². The zero-order valence-electron chi connectivity index (χ0n) is 16.6. The molecule has 0 saturated carbocycles. The fourth-order valence-electron chi connectivity index (χ4n) is 2.95. The maximum atomic E-state index is 5.78. The second-order valence-corrected chi connectivity index (χ2v) is 7.73. The van der Waals surface area contributed by atoms with Crippen LogP contribution in [0.15, 0.2) is 41.4 Å². The van der Waals surface area contributed by atoms with E-state index in [0.29, 0.717) is 0 Å². The minimum atomic E-state index is 0.274. The summed E-state index contributed by atoms with van der Waals surface area (Å²) in [4.78, 5) is 6.79. The fraction of sp³-hybridized carbons (Fsp3) is 0.476. The molecule has 1 aliphatic heterocycles. The SMILES string of the molecule is CN=C(NCCCOC1CCOC1)NCc1ccc(-c2ccc(OC)cc2)s1. The summed E-state index contributed by atoms with van der Waals surface area (Å²) in [5.74, 6) is 1.68. The van der Waals surface area contributed by atoms with Crippen LogP contribution >= 0.6 is 11.3 Å². The number of aliphatic imine (C=N–C) groups is 1. The van der Waals surface area contributed by atoms with Gasteiger partial charge in [-0.05, 0) is 54.8 Å². The lowest BCUT2D eigenvalue weighted by Crippen LogP contribution is -2.37. The molecule has 6 nitrogen and oxygen atoms in total. The van der Waals surface area contributed by atoms with Gasteiger partial charge in [-0.2, -0.15) is 0 Å². The minimum Gasteiger partial charge on any atom is -0.497 e. The molecule has 2 heterocycles. The lowest BCUT2D eigenvalue weighted by Gasteiger charge is -2.12. The predicted molar refractivity (Wildman–Crippen MR) is 114 cm³/mol. The molecule has 1 aliphatic rings. The van der Waals surface area contributed by atoms with Gasteiger partial charge in [0.25, 0.3) is 0 Å². The molecular weight excluding hydrogens is 374 g/mol. The molecule has 28 heavy (non-hydrogen) atoms. The van der Waals surface area contributed by atoms with Crippen LogP contribution in [-0.2, 0) is 16.0 Å². The second-order valence-electron chi connectivity index (χ2n) is 6.56. The summed E-state index contributed by atoms with van der Waals surface area (Å²) in [6, 6.07) is 12.5. The Morgan fingerprint density at radius 2 is 2.07 bits per heavy atom. The van der Waals surface area contributed by atoms with E-state index in [2.05, 4.69) is 39.9 Å². The molecule has 7 heteroatoms. The van der Waals surface area contributed by atoms with Crippen molar-refractivity contribution in [3.05, 3.63) is 41.3 Å².